The predicted octanol–water partition coefficient (Wildman–Crippen LogP) is 3.56. The van der Waals surface area contributed by atoms with Crippen LogP contribution in [-0.4, -0.2) is 23.5 Å². The van der Waals surface area contributed by atoms with Crippen LogP contribution in [0.1, 0.15) is 40.9 Å². The normalized spacial score (nSPS) is 15.0. The van der Waals surface area contributed by atoms with E-state index in [0.29, 0.717) is 17.9 Å². The summed E-state index contributed by atoms with van der Waals surface area (Å²) in [6.07, 6.45) is 0.923. The Balaban J connectivity index is 1.83. The van der Waals surface area contributed by atoms with E-state index >= 15 is 0 Å². The Bertz CT molecular complexity index is 894. The zero-order valence-electron chi connectivity index (χ0n) is 15.6. The highest BCUT2D eigenvalue weighted by Gasteiger charge is 2.24. The number of nitro groups is 1. The molecule has 1 N–H and O–H groups in total. The van der Waals surface area contributed by atoms with Crippen molar-refractivity contribution in [3.8, 4) is 11.5 Å². The highest BCUT2D eigenvalue weighted by molar-refractivity contribution is 5.98. The zero-order valence-corrected chi connectivity index (χ0v) is 15.6. The summed E-state index contributed by atoms with van der Waals surface area (Å²) in [5.74, 6) is 0.979. The number of carbonyl (C=O) groups is 1. The summed E-state index contributed by atoms with van der Waals surface area (Å²) in [4.78, 5) is 23.3. The lowest BCUT2D eigenvalue weighted by atomic mass is 10.1. The summed E-state index contributed by atoms with van der Waals surface area (Å²) in [5.41, 5.74) is 2.17. The molecule has 0 bridgehead atoms. The van der Waals surface area contributed by atoms with Gasteiger partial charge in [0.2, 0.25) is 0 Å². The molecule has 1 amide bonds. The number of ether oxygens (including phenoxy) is 2. The van der Waals surface area contributed by atoms with Crippen LogP contribution in [0, 0.1) is 17.0 Å². The summed E-state index contributed by atoms with van der Waals surface area (Å²) in [7, 11) is 0. The number of amides is 1. The van der Waals surface area contributed by atoms with Gasteiger partial charge in [-0.15, -0.1) is 0 Å². The maximum absolute atomic E-state index is 12.6. The lowest BCUT2D eigenvalue weighted by molar-refractivity contribution is -0.385. The van der Waals surface area contributed by atoms with Gasteiger partial charge in [0.1, 0.15) is 23.2 Å². The van der Waals surface area contributed by atoms with Crippen molar-refractivity contribution in [2.24, 2.45) is 0 Å². The number of fused-ring (bicyclic) bond motifs is 1. The van der Waals surface area contributed by atoms with Crippen LogP contribution in [0.5, 0.6) is 11.5 Å². The van der Waals surface area contributed by atoms with Gasteiger partial charge in [-0.05, 0) is 39.0 Å². The second-order valence-corrected chi connectivity index (χ2v) is 6.54. The number of benzene rings is 2. The number of hydrogen-bond acceptors (Lipinski definition) is 5. The zero-order chi connectivity index (χ0) is 19.6. The van der Waals surface area contributed by atoms with Crippen LogP contribution in [0.15, 0.2) is 30.3 Å². The third-order valence-corrected chi connectivity index (χ3v) is 4.48. The van der Waals surface area contributed by atoms with Gasteiger partial charge in [-0.2, -0.15) is 0 Å². The lowest BCUT2D eigenvalue weighted by Gasteiger charge is -2.13. The van der Waals surface area contributed by atoms with E-state index in [1.165, 1.54) is 6.07 Å². The van der Waals surface area contributed by atoms with E-state index in [4.69, 9.17) is 9.47 Å². The van der Waals surface area contributed by atoms with Crippen molar-refractivity contribution in [3.05, 3.63) is 62.7 Å². The molecule has 1 aliphatic heterocycles. The molecule has 1 atom stereocenters. The number of hydrogen-bond donors (Lipinski definition) is 1. The number of aryl methyl sites for hydroxylation is 1. The number of nitrogens with one attached hydrogen (secondary N) is 1. The van der Waals surface area contributed by atoms with Crippen LogP contribution in [0.2, 0.25) is 0 Å². The third kappa shape index (κ3) is 3.86. The average Bonchev–Trinajstić information content (AvgIpc) is 2.98. The molecule has 27 heavy (non-hydrogen) atoms. The van der Waals surface area contributed by atoms with Gasteiger partial charge in [0.25, 0.3) is 11.6 Å². The van der Waals surface area contributed by atoms with E-state index in [1.54, 1.807) is 19.1 Å². The summed E-state index contributed by atoms with van der Waals surface area (Å²) >= 11 is 0. The molecule has 0 spiro atoms. The van der Waals surface area contributed by atoms with Crippen LogP contribution in [0.4, 0.5) is 5.69 Å². The molecule has 0 aromatic heterocycles. The molecule has 7 nitrogen and oxygen atoms in total. The molecule has 1 aliphatic rings. The smallest absolute Gasteiger partial charge is 0.285 e. The molecule has 1 heterocycles. The maximum atomic E-state index is 12.6. The van der Waals surface area contributed by atoms with E-state index in [-0.39, 0.29) is 23.9 Å². The van der Waals surface area contributed by atoms with Gasteiger partial charge in [0.05, 0.1) is 11.5 Å². The maximum Gasteiger partial charge on any atom is 0.285 e. The van der Waals surface area contributed by atoms with Gasteiger partial charge in [-0.25, -0.2) is 0 Å². The fourth-order valence-corrected chi connectivity index (χ4v) is 3.26. The van der Waals surface area contributed by atoms with E-state index in [1.807, 2.05) is 26.0 Å². The predicted molar refractivity (Wildman–Crippen MR) is 100 cm³/mol. The molecular formula is C20H22N2O5. The van der Waals surface area contributed by atoms with Crippen LogP contribution >= 0.6 is 0 Å². The molecule has 3 rings (SSSR count). The van der Waals surface area contributed by atoms with Gasteiger partial charge < -0.3 is 14.8 Å². The van der Waals surface area contributed by atoms with Crippen molar-refractivity contribution < 1.29 is 19.2 Å². The summed E-state index contributed by atoms with van der Waals surface area (Å²) in [6.45, 7) is 6.19. The topological polar surface area (TPSA) is 90.7 Å². The van der Waals surface area contributed by atoms with Crippen molar-refractivity contribution in [1.29, 1.82) is 0 Å². The van der Waals surface area contributed by atoms with Crippen molar-refractivity contribution >= 4 is 11.6 Å². The Morgan fingerprint density at radius 2 is 2.19 bits per heavy atom. The number of carbonyl (C=O) groups excluding carboxylic acids is 1. The SMILES string of the molecule is CCOc1cc2c(cc1CNC(=O)c1cccc(C)c1[N+](=O)[O-])OC(C)C2. The first-order valence-corrected chi connectivity index (χ1v) is 8.88. The number of rotatable bonds is 6. The molecule has 7 heteroatoms. The first-order valence-electron chi connectivity index (χ1n) is 8.88. The minimum atomic E-state index is -0.527. The standard InChI is InChI=1S/C20H22N2O5/c1-4-26-17-9-14-8-13(3)27-18(14)10-15(17)11-21-20(23)16-7-5-6-12(2)19(16)22(24)25/h5-7,9-10,13H,4,8,11H2,1-3H3,(H,21,23). The van der Waals surface area contributed by atoms with Gasteiger partial charge in [-0.3, -0.25) is 14.9 Å². The quantitative estimate of drug-likeness (QED) is 0.620. The summed E-state index contributed by atoms with van der Waals surface area (Å²) < 4.78 is 11.5. The van der Waals surface area contributed by atoms with Crippen molar-refractivity contribution in [1.82, 2.24) is 5.32 Å². The number of nitrogens with zero attached hydrogens (tertiary/aromatic N) is 1. The lowest BCUT2D eigenvalue weighted by Crippen LogP contribution is -2.24. The fourth-order valence-electron chi connectivity index (χ4n) is 3.26. The van der Waals surface area contributed by atoms with E-state index in [2.05, 4.69) is 5.32 Å². The second kappa shape index (κ2) is 7.65. The second-order valence-electron chi connectivity index (χ2n) is 6.54. The first kappa shape index (κ1) is 18.7. The molecule has 1 unspecified atom stereocenters. The molecule has 142 valence electrons. The molecule has 2 aromatic rings. The highest BCUT2D eigenvalue weighted by atomic mass is 16.6. The Hall–Kier alpha value is -3.09. The molecule has 0 saturated carbocycles. The van der Waals surface area contributed by atoms with E-state index in [9.17, 15) is 14.9 Å². The Kier molecular flexibility index (Phi) is 5.30. The Labute approximate surface area is 157 Å². The largest absolute Gasteiger partial charge is 0.494 e. The van der Waals surface area contributed by atoms with Crippen LogP contribution in [0.25, 0.3) is 0 Å². The highest BCUT2D eigenvalue weighted by Crippen LogP contribution is 2.35. The third-order valence-electron chi connectivity index (χ3n) is 4.48. The van der Waals surface area contributed by atoms with E-state index < -0.39 is 10.8 Å². The summed E-state index contributed by atoms with van der Waals surface area (Å²) in [5, 5.41) is 14.1. The number of para-hydroxylation sites is 1. The van der Waals surface area contributed by atoms with Crippen LogP contribution < -0.4 is 14.8 Å². The molecule has 0 radical (unpaired) electrons. The molecule has 2 aromatic carbocycles. The van der Waals surface area contributed by atoms with Crippen molar-refractivity contribution in [3.63, 3.8) is 0 Å². The molecule has 0 saturated heterocycles. The van der Waals surface area contributed by atoms with Crippen LogP contribution in [-0.2, 0) is 13.0 Å². The van der Waals surface area contributed by atoms with Gasteiger partial charge in [0.15, 0.2) is 0 Å². The minimum absolute atomic E-state index is 0.0454. The van der Waals surface area contributed by atoms with Crippen molar-refractivity contribution in [2.45, 2.75) is 39.8 Å². The molecule has 0 fully saturated rings. The van der Waals surface area contributed by atoms with Gasteiger partial charge in [-0.1, -0.05) is 12.1 Å². The van der Waals surface area contributed by atoms with Crippen molar-refractivity contribution in [2.75, 3.05) is 6.61 Å². The Morgan fingerprint density at radius 3 is 2.89 bits per heavy atom. The minimum Gasteiger partial charge on any atom is -0.494 e. The Morgan fingerprint density at radius 1 is 1.41 bits per heavy atom. The molecular weight excluding hydrogens is 348 g/mol. The first-order chi connectivity index (χ1) is 12.9. The van der Waals surface area contributed by atoms with Gasteiger partial charge >= 0.3 is 0 Å². The van der Waals surface area contributed by atoms with Gasteiger partial charge in [0, 0.05) is 29.7 Å². The van der Waals surface area contributed by atoms with Crippen LogP contribution in [0.3, 0.4) is 0 Å². The average molecular weight is 370 g/mol. The monoisotopic (exact) mass is 370 g/mol. The number of nitro benzene ring substituents is 1. The fraction of sp³-hybridized carbons (Fsp3) is 0.350. The summed E-state index contributed by atoms with van der Waals surface area (Å²) in [6, 6.07) is 8.51. The molecule has 0 aliphatic carbocycles. The van der Waals surface area contributed by atoms with E-state index in [0.717, 1.165) is 23.3 Å².